The number of rotatable bonds is 6. The fourth-order valence-electron chi connectivity index (χ4n) is 2.45. The molecule has 1 aromatic carbocycles. The van der Waals surface area contributed by atoms with Gasteiger partial charge in [0.15, 0.2) is 0 Å². The van der Waals surface area contributed by atoms with E-state index in [4.69, 9.17) is 5.73 Å². The Hall–Kier alpha value is -2.76. The third kappa shape index (κ3) is 7.56. The van der Waals surface area contributed by atoms with Crippen molar-refractivity contribution in [2.24, 2.45) is 5.73 Å². The number of hydrogen-bond donors (Lipinski definition) is 1. The summed E-state index contributed by atoms with van der Waals surface area (Å²) in [5.41, 5.74) is 9.47. The van der Waals surface area contributed by atoms with Gasteiger partial charge in [-0.2, -0.15) is 0 Å². The summed E-state index contributed by atoms with van der Waals surface area (Å²) in [6, 6.07) is 1.40. The molecule has 0 aromatic heterocycles. The van der Waals surface area contributed by atoms with Gasteiger partial charge in [0.1, 0.15) is 5.75 Å². The highest BCUT2D eigenvalue weighted by Crippen LogP contribution is 2.32. The van der Waals surface area contributed by atoms with E-state index in [2.05, 4.69) is 4.74 Å². The SMILES string of the molecule is CC(/C=C/c1c(C)cc(OC(F)(F)F)c(C)c1C)=C\C=C\C(C)=C\C(N)=O. The third-order valence-corrected chi connectivity index (χ3v) is 3.94. The van der Waals surface area contributed by atoms with Crippen molar-refractivity contribution in [1.29, 1.82) is 0 Å². The van der Waals surface area contributed by atoms with Crippen molar-refractivity contribution < 1.29 is 22.7 Å². The zero-order chi connectivity index (χ0) is 20.8. The summed E-state index contributed by atoms with van der Waals surface area (Å²) >= 11 is 0. The number of aryl methyl sites for hydroxylation is 1. The number of hydrogen-bond acceptors (Lipinski definition) is 2. The number of carbonyl (C=O) groups is 1. The first-order valence-corrected chi connectivity index (χ1v) is 8.28. The van der Waals surface area contributed by atoms with E-state index < -0.39 is 12.3 Å². The van der Waals surface area contributed by atoms with E-state index in [1.807, 2.05) is 25.2 Å². The summed E-state index contributed by atoms with van der Waals surface area (Å²) in [5, 5.41) is 0. The molecule has 1 amide bonds. The monoisotopic (exact) mass is 379 g/mol. The van der Waals surface area contributed by atoms with Crippen LogP contribution >= 0.6 is 0 Å². The molecule has 0 aliphatic rings. The molecule has 2 N–H and O–H groups in total. The Morgan fingerprint density at radius 2 is 1.70 bits per heavy atom. The van der Waals surface area contributed by atoms with Gasteiger partial charge in [-0.05, 0) is 68.5 Å². The predicted octanol–water partition coefficient (Wildman–Crippen LogP) is 5.46. The Morgan fingerprint density at radius 1 is 1.07 bits per heavy atom. The molecule has 0 saturated heterocycles. The molecule has 0 heterocycles. The molecule has 0 unspecified atom stereocenters. The van der Waals surface area contributed by atoms with E-state index in [1.54, 1.807) is 39.8 Å². The standard InChI is InChI=1S/C21H24F3NO2/c1-13(7-6-8-14(2)11-20(25)26)9-10-18-15(3)12-19(17(5)16(18)4)27-21(22,23)24/h6-12H,1-5H3,(H2,25,26)/b8-6+,10-9+,13-7+,14-11+. The molecule has 0 saturated carbocycles. The molecule has 0 atom stereocenters. The van der Waals surface area contributed by atoms with Crippen molar-refractivity contribution in [3.63, 3.8) is 0 Å². The van der Waals surface area contributed by atoms with Crippen molar-refractivity contribution in [1.82, 2.24) is 0 Å². The fraction of sp³-hybridized carbons (Fsp3) is 0.286. The lowest BCUT2D eigenvalue weighted by molar-refractivity contribution is -0.274. The number of amides is 1. The van der Waals surface area contributed by atoms with Crippen molar-refractivity contribution in [2.45, 2.75) is 41.0 Å². The maximum absolute atomic E-state index is 12.5. The van der Waals surface area contributed by atoms with Crippen LogP contribution in [0.2, 0.25) is 0 Å². The highest BCUT2D eigenvalue weighted by molar-refractivity contribution is 5.86. The first-order chi connectivity index (χ1) is 12.4. The summed E-state index contributed by atoms with van der Waals surface area (Å²) in [7, 11) is 0. The van der Waals surface area contributed by atoms with Gasteiger partial charge in [-0.15, -0.1) is 13.2 Å². The molecule has 1 aromatic rings. The Bertz CT molecular complexity index is 829. The van der Waals surface area contributed by atoms with Crippen LogP contribution < -0.4 is 10.5 Å². The maximum atomic E-state index is 12.5. The number of carbonyl (C=O) groups excluding carboxylic acids is 1. The minimum atomic E-state index is -4.71. The van der Waals surface area contributed by atoms with Crippen LogP contribution in [-0.4, -0.2) is 12.3 Å². The molecule has 0 spiro atoms. The van der Waals surface area contributed by atoms with Gasteiger partial charge in [0.25, 0.3) is 0 Å². The Balaban J connectivity index is 3.04. The summed E-state index contributed by atoms with van der Waals surface area (Å²) in [6.45, 7) is 8.77. The van der Waals surface area contributed by atoms with Gasteiger partial charge in [-0.1, -0.05) is 36.0 Å². The van der Waals surface area contributed by atoms with Crippen LogP contribution in [0.3, 0.4) is 0 Å². The van der Waals surface area contributed by atoms with Crippen LogP contribution in [0.4, 0.5) is 13.2 Å². The average molecular weight is 379 g/mol. The van der Waals surface area contributed by atoms with E-state index in [9.17, 15) is 18.0 Å². The van der Waals surface area contributed by atoms with Gasteiger partial charge >= 0.3 is 6.36 Å². The molecule has 146 valence electrons. The largest absolute Gasteiger partial charge is 0.573 e. The van der Waals surface area contributed by atoms with Gasteiger partial charge in [0.2, 0.25) is 5.91 Å². The van der Waals surface area contributed by atoms with Gasteiger partial charge < -0.3 is 10.5 Å². The molecular weight excluding hydrogens is 355 g/mol. The Labute approximate surface area is 157 Å². The van der Waals surface area contributed by atoms with Crippen molar-refractivity contribution in [3.8, 4) is 5.75 Å². The third-order valence-electron chi connectivity index (χ3n) is 3.94. The fourth-order valence-corrected chi connectivity index (χ4v) is 2.45. The molecule has 0 aliphatic heterocycles. The Morgan fingerprint density at radius 3 is 2.26 bits per heavy atom. The van der Waals surface area contributed by atoms with E-state index in [0.29, 0.717) is 11.1 Å². The summed E-state index contributed by atoms with van der Waals surface area (Å²) in [6.07, 6.45) is 5.75. The second-order valence-electron chi connectivity index (χ2n) is 6.30. The van der Waals surface area contributed by atoms with Gasteiger partial charge in [0, 0.05) is 6.08 Å². The summed E-state index contributed by atoms with van der Waals surface area (Å²) in [5.74, 6) is -0.682. The van der Waals surface area contributed by atoms with E-state index in [-0.39, 0.29) is 5.75 Å². The molecule has 0 aliphatic carbocycles. The molecule has 0 radical (unpaired) electrons. The van der Waals surface area contributed by atoms with Gasteiger partial charge in [0.05, 0.1) is 0 Å². The summed E-state index contributed by atoms with van der Waals surface area (Å²) < 4.78 is 41.6. The second kappa shape index (κ2) is 9.26. The van der Waals surface area contributed by atoms with E-state index in [0.717, 1.165) is 22.3 Å². The number of benzene rings is 1. The van der Waals surface area contributed by atoms with E-state index >= 15 is 0 Å². The second-order valence-corrected chi connectivity index (χ2v) is 6.30. The van der Waals surface area contributed by atoms with Crippen molar-refractivity contribution >= 4 is 12.0 Å². The van der Waals surface area contributed by atoms with Crippen molar-refractivity contribution in [3.05, 3.63) is 69.8 Å². The quantitative estimate of drug-likeness (QED) is 0.527. The predicted molar refractivity (Wildman–Crippen MR) is 102 cm³/mol. The molecule has 3 nitrogen and oxygen atoms in total. The number of alkyl halides is 3. The van der Waals surface area contributed by atoms with Gasteiger partial charge in [-0.3, -0.25) is 4.79 Å². The first kappa shape index (κ1) is 22.3. The molecule has 6 heteroatoms. The lowest BCUT2D eigenvalue weighted by atomic mass is 9.96. The highest BCUT2D eigenvalue weighted by atomic mass is 19.4. The smallest absolute Gasteiger partial charge is 0.405 e. The van der Waals surface area contributed by atoms with E-state index in [1.165, 1.54) is 12.1 Å². The average Bonchev–Trinajstić information content (AvgIpc) is 2.50. The van der Waals surface area contributed by atoms with Crippen LogP contribution in [0.15, 0.2) is 47.6 Å². The highest BCUT2D eigenvalue weighted by Gasteiger charge is 2.32. The zero-order valence-corrected chi connectivity index (χ0v) is 16.1. The van der Waals surface area contributed by atoms with Crippen LogP contribution in [0.25, 0.3) is 6.08 Å². The summed E-state index contributed by atoms with van der Waals surface area (Å²) in [4.78, 5) is 10.8. The van der Waals surface area contributed by atoms with Crippen LogP contribution in [0.5, 0.6) is 5.75 Å². The molecule has 0 bridgehead atoms. The number of halogens is 3. The number of ether oxygens (including phenoxy) is 1. The normalized spacial score (nSPS) is 13.6. The minimum Gasteiger partial charge on any atom is -0.405 e. The topological polar surface area (TPSA) is 52.3 Å². The minimum absolute atomic E-state index is 0.179. The Kier molecular flexibility index (Phi) is 7.64. The lowest BCUT2D eigenvalue weighted by Crippen LogP contribution is -2.18. The maximum Gasteiger partial charge on any atom is 0.573 e. The molecule has 1 rings (SSSR count). The first-order valence-electron chi connectivity index (χ1n) is 8.28. The zero-order valence-electron chi connectivity index (χ0n) is 16.1. The number of nitrogens with two attached hydrogens (primary N) is 1. The molecule has 27 heavy (non-hydrogen) atoms. The van der Waals surface area contributed by atoms with Crippen molar-refractivity contribution in [2.75, 3.05) is 0 Å². The molecular formula is C21H24F3NO2. The van der Waals surface area contributed by atoms with Gasteiger partial charge in [-0.25, -0.2) is 0 Å². The molecule has 0 fully saturated rings. The van der Waals surface area contributed by atoms with Crippen LogP contribution in [0, 0.1) is 20.8 Å². The number of allylic oxidation sites excluding steroid dienone is 6. The van der Waals surface area contributed by atoms with Crippen LogP contribution in [0.1, 0.15) is 36.1 Å². The van der Waals surface area contributed by atoms with Crippen LogP contribution in [-0.2, 0) is 4.79 Å². The number of primary amides is 1. The lowest BCUT2D eigenvalue weighted by Gasteiger charge is -2.16.